The molecular weight excluding hydrogens is 430 g/mol. The molecule has 3 aromatic rings. The zero-order chi connectivity index (χ0) is 24.6. The summed E-state index contributed by atoms with van der Waals surface area (Å²) >= 11 is 0. The zero-order valence-electron chi connectivity index (χ0n) is 19.9. The Hall–Kier alpha value is -3.86. The van der Waals surface area contributed by atoms with Crippen LogP contribution in [0.3, 0.4) is 0 Å². The average Bonchev–Trinajstić information content (AvgIpc) is 2.79. The number of aromatic nitrogens is 2. The van der Waals surface area contributed by atoms with Gasteiger partial charge in [0.1, 0.15) is 0 Å². The van der Waals surface area contributed by atoms with Crippen LogP contribution >= 0.6 is 0 Å². The molecule has 1 fully saturated rings. The number of carbonyl (C=O) groups is 1. The fraction of sp³-hybridized carbons (Fsp3) is 0.385. The van der Waals surface area contributed by atoms with Crippen LogP contribution in [0.25, 0.3) is 10.9 Å². The van der Waals surface area contributed by atoms with Crippen LogP contribution in [0.2, 0.25) is 0 Å². The van der Waals surface area contributed by atoms with Crippen molar-refractivity contribution in [2.45, 2.75) is 46.6 Å². The Labute approximate surface area is 198 Å². The Morgan fingerprint density at radius 3 is 2.56 bits per heavy atom. The van der Waals surface area contributed by atoms with Crippen molar-refractivity contribution in [1.29, 1.82) is 5.26 Å². The topological polar surface area (TPSA) is 111 Å². The number of aryl methyl sites for hydroxylation is 1. The molecule has 0 aliphatic carbocycles. The molecule has 176 valence electrons. The molecule has 0 radical (unpaired) electrons. The minimum atomic E-state index is -1.02. The molecule has 8 nitrogen and oxygen atoms in total. The van der Waals surface area contributed by atoms with Crippen molar-refractivity contribution in [2.24, 2.45) is 5.41 Å². The Kier molecular flexibility index (Phi) is 6.05. The number of anilines is 2. The van der Waals surface area contributed by atoms with Gasteiger partial charge in [0.15, 0.2) is 6.19 Å². The predicted octanol–water partition coefficient (Wildman–Crippen LogP) is 4.53. The van der Waals surface area contributed by atoms with E-state index in [1.54, 1.807) is 30.3 Å². The maximum absolute atomic E-state index is 13.4. The first-order chi connectivity index (χ1) is 16.1. The largest absolute Gasteiger partial charge is 0.478 e. The fourth-order valence-electron chi connectivity index (χ4n) is 4.51. The molecule has 2 aromatic carbocycles. The van der Waals surface area contributed by atoms with E-state index in [0.29, 0.717) is 35.6 Å². The average molecular weight is 460 g/mol. The van der Waals surface area contributed by atoms with E-state index in [4.69, 9.17) is 4.98 Å². The van der Waals surface area contributed by atoms with Crippen molar-refractivity contribution in [3.8, 4) is 6.19 Å². The van der Waals surface area contributed by atoms with Crippen LogP contribution < -0.4 is 15.8 Å². The molecule has 1 saturated heterocycles. The minimum absolute atomic E-state index is 0.169. The Morgan fingerprint density at radius 1 is 1.24 bits per heavy atom. The highest BCUT2D eigenvalue weighted by molar-refractivity contribution is 5.94. The van der Waals surface area contributed by atoms with Crippen molar-refractivity contribution in [2.75, 3.05) is 23.3 Å². The van der Waals surface area contributed by atoms with Gasteiger partial charge in [0.25, 0.3) is 5.56 Å². The van der Waals surface area contributed by atoms with E-state index in [1.807, 2.05) is 31.0 Å². The van der Waals surface area contributed by atoms with E-state index in [9.17, 15) is 20.0 Å². The number of hydrogen-bond acceptors (Lipinski definition) is 6. The first kappa shape index (κ1) is 23.3. The summed E-state index contributed by atoms with van der Waals surface area (Å²) in [6, 6.07) is 10.1. The van der Waals surface area contributed by atoms with Crippen LogP contribution in [0.15, 0.2) is 41.2 Å². The Bertz CT molecular complexity index is 1360. The van der Waals surface area contributed by atoms with Gasteiger partial charge >= 0.3 is 5.97 Å². The highest BCUT2D eigenvalue weighted by Crippen LogP contribution is 2.33. The highest BCUT2D eigenvalue weighted by Gasteiger charge is 2.29. The van der Waals surface area contributed by atoms with E-state index in [0.717, 1.165) is 28.5 Å². The van der Waals surface area contributed by atoms with Gasteiger partial charge in [0, 0.05) is 24.3 Å². The third-order valence-electron chi connectivity index (χ3n) is 6.62. The number of piperidine rings is 1. The quantitative estimate of drug-likeness (QED) is 0.576. The van der Waals surface area contributed by atoms with Crippen LogP contribution in [-0.4, -0.2) is 33.7 Å². The number of hydrogen-bond donors (Lipinski definition) is 2. The van der Waals surface area contributed by atoms with Gasteiger partial charge in [-0.05, 0) is 55.9 Å². The van der Waals surface area contributed by atoms with Crippen molar-refractivity contribution in [3.63, 3.8) is 0 Å². The molecule has 1 atom stereocenters. The van der Waals surface area contributed by atoms with Crippen molar-refractivity contribution in [3.05, 3.63) is 63.4 Å². The summed E-state index contributed by atoms with van der Waals surface area (Å²) in [7, 11) is 0. The van der Waals surface area contributed by atoms with Gasteiger partial charge in [-0.25, -0.2) is 9.78 Å². The van der Waals surface area contributed by atoms with Crippen LogP contribution in [0.1, 0.15) is 61.1 Å². The fourth-order valence-corrected chi connectivity index (χ4v) is 4.51. The lowest BCUT2D eigenvalue weighted by Crippen LogP contribution is -2.40. The van der Waals surface area contributed by atoms with Gasteiger partial charge in [-0.15, -0.1) is 0 Å². The van der Waals surface area contributed by atoms with E-state index < -0.39 is 11.5 Å². The first-order valence-electron chi connectivity index (χ1n) is 11.4. The molecule has 0 amide bonds. The molecule has 0 saturated carbocycles. The normalized spacial score (nSPS) is 16.1. The third-order valence-corrected chi connectivity index (χ3v) is 6.62. The molecule has 0 bridgehead atoms. The van der Waals surface area contributed by atoms with Gasteiger partial charge in [-0.3, -0.25) is 4.79 Å². The zero-order valence-corrected chi connectivity index (χ0v) is 19.9. The number of nitrogens with zero attached hydrogens (tertiary/aromatic N) is 4. The maximum atomic E-state index is 13.4. The molecular formula is C26H29N5O3. The number of rotatable bonds is 5. The molecule has 0 unspecified atom stereocenters. The van der Waals surface area contributed by atoms with E-state index in [1.165, 1.54) is 0 Å². The summed E-state index contributed by atoms with van der Waals surface area (Å²) in [5.74, 6) is -0.659. The monoisotopic (exact) mass is 459 g/mol. The Balaban J connectivity index is 1.83. The summed E-state index contributed by atoms with van der Waals surface area (Å²) < 4.78 is 1.09. The van der Waals surface area contributed by atoms with Gasteiger partial charge in [-0.2, -0.15) is 9.83 Å². The number of aromatic carboxylic acids is 1. The lowest BCUT2D eigenvalue weighted by Gasteiger charge is -2.37. The molecule has 8 heteroatoms. The number of para-hydroxylation sites is 1. The maximum Gasteiger partial charge on any atom is 0.337 e. The second-order valence-corrected chi connectivity index (χ2v) is 9.77. The summed E-state index contributed by atoms with van der Waals surface area (Å²) in [5.41, 5.74) is 2.63. The molecule has 0 spiro atoms. The molecule has 1 aromatic heterocycles. The molecule has 1 aliphatic heterocycles. The third kappa shape index (κ3) is 4.34. The van der Waals surface area contributed by atoms with Crippen molar-refractivity contribution in [1.82, 2.24) is 9.55 Å². The molecule has 4 rings (SSSR count). The number of carboxylic acid groups (broad SMARTS) is 1. The number of nitrogens with one attached hydrogen (secondary N) is 1. The molecule has 2 heterocycles. The minimum Gasteiger partial charge on any atom is -0.478 e. The Morgan fingerprint density at radius 2 is 1.91 bits per heavy atom. The van der Waals surface area contributed by atoms with Gasteiger partial charge in [-0.1, -0.05) is 32.0 Å². The lowest BCUT2D eigenvalue weighted by atomic mass is 9.83. The van der Waals surface area contributed by atoms with Gasteiger partial charge < -0.3 is 15.3 Å². The summed E-state index contributed by atoms with van der Waals surface area (Å²) in [4.78, 5) is 31.9. The standard InChI is InChI=1S/C26H29N5O3/c1-16-13-19(17(2)28-21-8-6-5-7-18(21)24(33)34)22-20(14-16)23(32)31(15-27)25(29-22)30-11-9-26(3,4)10-12-30/h5-8,13-14,17,28H,9-12H2,1-4H3,(H,33,34)/t17-/m1/s1. The van der Waals surface area contributed by atoms with E-state index in [2.05, 4.69) is 19.2 Å². The van der Waals surface area contributed by atoms with Gasteiger partial charge in [0.05, 0.1) is 22.5 Å². The molecule has 1 aliphatic rings. The molecule has 34 heavy (non-hydrogen) atoms. The second-order valence-electron chi connectivity index (χ2n) is 9.77. The van der Waals surface area contributed by atoms with E-state index >= 15 is 0 Å². The smallest absolute Gasteiger partial charge is 0.337 e. The van der Waals surface area contributed by atoms with Crippen LogP contribution in [0, 0.1) is 23.8 Å². The second kappa shape index (κ2) is 8.82. The van der Waals surface area contributed by atoms with Gasteiger partial charge in [0.2, 0.25) is 5.95 Å². The number of nitriles is 1. The lowest BCUT2D eigenvalue weighted by molar-refractivity contribution is 0.0698. The first-order valence-corrected chi connectivity index (χ1v) is 11.4. The van der Waals surface area contributed by atoms with Crippen molar-refractivity contribution < 1.29 is 9.90 Å². The SMILES string of the molecule is Cc1cc([C@@H](C)Nc2ccccc2C(=O)O)c2nc(N3CCC(C)(C)CC3)n(C#N)c(=O)c2c1. The highest BCUT2D eigenvalue weighted by atomic mass is 16.4. The van der Waals surface area contributed by atoms with Crippen molar-refractivity contribution >= 4 is 28.5 Å². The van der Waals surface area contributed by atoms with Crippen LogP contribution in [-0.2, 0) is 0 Å². The predicted molar refractivity (Wildman–Crippen MR) is 132 cm³/mol. The molecule has 2 N–H and O–H groups in total. The summed E-state index contributed by atoms with van der Waals surface area (Å²) in [6.07, 6.45) is 3.90. The number of carboxylic acids is 1. The van der Waals surface area contributed by atoms with Crippen LogP contribution in [0.4, 0.5) is 11.6 Å². The number of benzene rings is 2. The summed E-state index contributed by atoms with van der Waals surface area (Å²) in [6.45, 7) is 9.67. The number of fused-ring (bicyclic) bond motifs is 1. The van der Waals surface area contributed by atoms with E-state index in [-0.39, 0.29) is 17.0 Å². The summed E-state index contributed by atoms with van der Waals surface area (Å²) in [5, 5.41) is 23.0. The van der Waals surface area contributed by atoms with Crippen LogP contribution in [0.5, 0.6) is 0 Å².